The molecule has 0 saturated carbocycles. The number of carbonyl (C=O) groups excluding carboxylic acids is 3. The van der Waals surface area contributed by atoms with Crippen LogP contribution in [0.2, 0.25) is 0 Å². The minimum Gasteiger partial charge on any atom is -0.490 e. The molecule has 3 rings (SSSR count). The van der Waals surface area contributed by atoms with E-state index in [1.165, 1.54) is 0 Å². The van der Waals surface area contributed by atoms with Gasteiger partial charge in [0.05, 0.1) is 30.7 Å². The fourth-order valence-corrected chi connectivity index (χ4v) is 4.13. The van der Waals surface area contributed by atoms with Gasteiger partial charge in [0, 0.05) is 32.8 Å². The SMILES string of the molecule is CCCC(=O)Nc1ccc2c(c1)C(=O)N(C)[C@@H]1CC[C@@H](CC(=O)NCCOC)O[C@H]1CO2. The standard InChI is InChI=1S/C23H33N3O6/c1-4-5-21(27)25-15-6-9-19-17(12-15)23(29)26(2)18-8-7-16(32-20(18)14-31-19)13-22(28)24-10-11-30-3/h6,9,12,16,18,20H,4-5,7-8,10-11,13-14H2,1-3H3,(H,24,28)(H,25,27)/t16-,18+,20-/m0/s1. The van der Waals surface area contributed by atoms with E-state index in [0.29, 0.717) is 49.4 Å². The van der Waals surface area contributed by atoms with Gasteiger partial charge in [-0.15, -0.1) is 0 Å². The van der Waals surface area contributed by atoms with Crippen molar-refractivity contribution in [3.05, 3.63) is 23.8 Å². The van der Waals surface area contributed by atoms with E-state index < -0.39 is 0 Å². The molecule has 3 amide bonds. The first kappa shape index (κ1) is 24.0. The lowest BCUT2D eigenvalue weighted by Crippen LogP contribution is -2.54. The summed E-state index contributed by atoms with van der Waals surface area (Å²) in [6.45, 7) is 3.14. The van der Waals surface area contributed by atoms with Crippen LogP contribution in [-0.2, 0) is 19.1 Å². The Morgan fingerprint density at radius 1 is 1.25 bits per heavy atom. The summed E-state index contributed by atoms with van der Waals surface area (Å²) in [6, 6.07) is 4.95. The van der Waals surface area contributed by atoms with Gasteiger partial charge in [0.25, 0.3) is 5.91 Å². The number of rotatable bonds is 8. The molecule has 0 aromatic heterocycles. The van der Waals surface area contributed by atoms with Crippen molar-refractivity contribution in [2.24, 2.45) is 0 Å². The first-order chi connectivity index (χ1) is 15.4. The van der Waals surface area contributed by atoms with Crippen molar-refractivity contribution in [3.63, 3.8) is 0 Å². The summed E-state index contributed by atoms with van der Waals surface area (Å²) in [7, 11) is 3.35. The third kappa shape index (κ3) is 5.98. The van der Waals surface area contributed by atoms with Crippen LogP contribution in [0.3, 0.4) is 0 Å². The van der Waals surface area contributed by atoms with Crippen molar-refractivity contribution in [2.75, 3.05) is 39.2 Å². The number of amides is 3. The number of methoxy groups -OCH3 is 1. The highest BCUT2D eigenvalue weighted by Crippen LogP contribution is 2.32. The number of carbonyl (C=O) groups is 3. The molecule has 32 heavy (non-hydrogen) atoms. The molecule has 1 saturated heterocycles. The third-order valence-corrected chi connectivity index (χ3v) is 5.81. The van der Waals surface area contributed by atoms with E-state index in [0.717, 1.165) is 6.42 Å². The molecule has 9 heteroatoms. The average Bonchev–Trinajstić information content (AvgIpc) is 2.77. The Bertz CT molecular complexity index is 830. The van der Waals surface area contributed by atoms with E-state index in [1.807, 2.05) is 6.92 Å². The molecule has 2 heterocycles. The van der Waals surface area contributed by atoms with Gasteiger partial charge in [-0.05, 0) is 37.5 Å². The van der Waals surface area contributed by atoms with Crippen LogP contribution in [0.15, 0.2) is 18.2 Å². The van der Waals surface area contributed by atoms with Crippen molar-refractivity contribution in [2.45, 2.75) is 57.3 Å². The lowest BCUT2D eigenvalue weighted by atomic mass is 9.94. The lowest BCUT2D eigenvalue weighted by molar-refractivity contribution is -0.134. The van der Waals surface area contributed by atoms with E-state index >= 15 is 0 Å². The molecule has 1 aromatic carbocycles. The smallest absolute Gasteiger partial charge is 0.257 e. The van der Waals surface area contributed by atoms with Crippen molar-refractivity contribution >= 4 is 23.4 Å². The zero-order valence-electron chi connectivity index (χ0n) is 19.0. The molecule has 0 bridgehead atoms. The van der Waals surface area contributed by atoms with Gasteiger partial charge in [0.2, 0.25) is 11.8 Å². The Kier molecular flexibility index (Phi) is 8.46. The number of likely N-dealkylation sites (N-methyl/N-ethyl adjacent to an activating group) is 1. The van der Waals surface area contributed by atoms with Crippen molar-refractivity contribution in [1.29, 1.82) is 0 Å². The number of benzene rings is 1. The molecule has 0 radical (unpaired) electrons. The van der Waals surface area contributed by atoms with Gasteiger partial charge in [-0.25, -0.2) is 0 Å². The average molecular weight is 448 g/mol. The number of hydrogen-bond donors (Lipinski definition) is 2. The van der Waals surface area contributed by atoms with Crippen LogP contribution in [0, 0.1) is 0 Å². The number of nitrogens with one attached hydrogen (secondary N) is 2. The molecule has 2 aliphatic heterocycles. The predicted octanol–water partition coefficient (Wildman–Crippen LogP) is 1.96. The first-order valence-corrected chi connectivity index (χ1v) is 11.2. The van der Waals surface area contributed by atoms with Crippen LogP contribution >= 0.6 is 0 Å². The van der Waals surface area contributed by atoms with Crippen LogP contribution in [0.25, 0.3) is 0 Å². The van der Waals surface area contributed by atoms with Gasteiger partial charge >= 0.3 is 0 Å². The maximum atomic E-state index is 13.2. The van der Waals surface area contributed by atoms with Gasteiger partial charge in [-0.1, -0.05) is 6.92 Å². The number of ether oxygens (including phenoxy) is 3. The molecular weight excluding hydrogens is 414 g/mol. The molecule has 2 N–H and O–H groups in total. The van der Waals surface area contributed by atoms with Crippen molar-refractivity contribution < 1.29 is 28.6 Å². The third-order valence-electron chi connectivity index (χ3n) is 5.81. The highest BCUT2D eigenvalue weighted by molar-refractivity contribution is 5.99. The maximum Gasteiger partial charge on any atom is 0.257 e. The maximum absolute atomic E-state index is 13.2. The van der Waals surface area contributed by atoms with Crippen LogP contribution < -0.4 is 15.4 Å². The van der Waals surface area contributed by atoms with Gasteiger partial charge in [0.15, 0.2) is 0 Å². The van der Waals surface area contributed by atoms with Crippen LogP contribution in [0.1, 0.15) is 49.4 Å². The van der Waals surface area contributed by atoms with Gasteiger partial charge < -0.3 is 29.7 Å². The number of hydrogen-bond acceptors (Lipinski definition) is 6. The molecule has 1 aromatic rings. The number of nitrogens with zero attached hydrogens (tertiary/aromatic N) is 1. The van der Waals surface area contributed by atoms with Crippen LogP contribution in [0.4, 0.5) is 5.69 Å². The fourth-order valence-electron chi connectivity index (χ4n) is 4.13. The highest BCUT2D eigenvalue weighted by atomic mass is 16.5. The Hall–Kier alpha value is -2.65. The fraction of sp³-hybridized carbons (Fsp3) is 0.609. The molecule has 3 atom stereocenters. The zero-order valence-corrected chi connectivity index (χ0v) is 19.0. The first-order valence-electron chi connectivity index (χ1n) is 11.2. The Balaban J connectivity index is 1.67. The molecular formula is C23H33N3O6. The molecule has 0 spiro atoms. The lowest BCUT2D eigenvalue weighted by Gasteiger charge is -2.42. The number of fused-ring (bicyclic) bond motifs is 2. The summed E-state index contributed by atoms with van der Waals surface area (Å²) < 4.78 is 17.1. The molecule has 0 aliphatic carbocycles. The summed E-state index contributed by atoms with van der Waals surface area (Å²) in [6.07, 6.45) is 2.29. The second kappa shape index (κ2) is 11.3. The second-order valence-corrected chi connectivity index (χ2v) is 8.22. The second-order valence-electron chi connectivity index (χ2n) is 8.22. The minimum absolute atomic E-state index is 0.0790. The van der Waals surface area contributed by atoms with E-state index in [4.69, 9.17) is 14.2 Å². The molecule has 0 unspecified atom stereocenters. The summed E-state index contributed by atoms with van der Waals surface area (Å²) in [5.74, 6) is 0.111. The summed E-state index contributed by atoms with van der Waals surface area (Å²) in [5, 5.41) is 5.64. The van der Waals surface area contributed by atoms with E-state index in [-0.39, 0.29) is 49.0 Å². The molecule has 1 fully saturated rings. The summed E-state index contributed by atoms with van der Waals surface area (Å²) in [5.41, 5.74) is 0.990. The van der Waals surface area contributed by atoms with Crippen LogP contribution in [-0.4, -0.2) is 74.8 Å². The largest absolute Gasteiger partial charge is 0.490 e. The molecule has 176 valence electrons. The number of anilines is 1. The van der Waals surface area contributed by atoms with Crippen LogP contribution in [0.5, 0.6) is 5.75 Å². The quantitative estimate of drug-likeness (QED) is 0.590. The van der Waals surface area contributed by atoms with Crippen molar-refractivity contribution in [1.82, 2.24) is 10.2 Å². The summed E-state index contributed by atoms with van der Waals surface area (Å²) in [4.78, 5) is 39.0. The van der Waals surface area contributed by atoms with Gasteiger partial charge in [-0.3, -0.25) is 14.4 Å². The normalized spacial score (nSPS) is 22.7. The topological polar surface area (TPSA) is 106 Å². The zero-order chi connectivity index (χ0) is 23.1. The van der Waals surface area contributed by atoms with E-state index in [9.17, 15) is 14.4 Å². The minimum atomic E-state index is -0.327. The predicted molar refractivity (Wildman–Crippen MR) is 119 cm³/mol. The Morgan fingerprint density at radius 3 is 2.81 bits per heavy atom. The Labute approximate surface area is 188 Å². The highest BCUT2D eigenvalue weighted by Gasteiger charge is 2.39. The monoisotopic (exact) mass is 447 g/mol. The molecule has 9 nitrogen and oxygen atoms in total. The van der Waals surface area contributed by atoms with Gasteiger partial charge in [-0.2, -0.15) is 0 Å². The van der Waals surface area contributed by atoms with E-state index in [2.05, 4.69) is 10.6 Å². The van der Waals surface area contributed by atoms with Crippen molar-refractivity contribution in [3.8, 4) is 5.75 Å². The Morgan fingerprint density at radius 2 is 2.06 bits per heavy atom. The molecule has 2 aliphatic rings. The summed E-state index contributed by atoms with van der Waals surface area (Å²) >= 11 is 0. The van der Waals surface area contributed by atoms with E-state index in [1.54, 1.807) is 37.3 Å². The van der Waals surface area contributed by atoms with Gasteiger partial charge in [0.1, 0.15) is 18.5 Å².